The van der Waals surface area contributed by atoms with E-state index in [1.807, 2.05) is 5.38 Å². The summed E-state index contributed by atoms with van der Waals surface area (Å²) in [6, 6.07) is 0.401. The van der Waals surface area contributed by atoms with Crippen LogP contribution >= 0.6 is 11.3 Å². The number of urea groups is 1. The maximum Gasteiger partial charge on any atom is 0.326 e. The summed E-state index contributed by atoms with van der Waals surface area (Å²) in [5.41, 5.74) is 0.665. The van der Waals surface area contributed by atoms with Crippen LogP contribution in [-0.2, 0) is 4.79 Å². The monoisotopic (exact) mass is 228 g/mol. The van der Waals surface area contributed by atoms with E-state index in [9.17, 15) is 9.59 Å². The zero-order valence-corrected chi connectivity index (χ0v) is 9.00. The summed E-state index contributed by atoms with van der Waals surface area (Å²) in [5, 5.41) is 17.2. The molecule has 1 rings (SSSR count). The molecule has 0 radical (unpaired) electrons. The lowest BCUT2D eigenvalue weighted by Gasteiger charge is -2.12. The van der Waals surface area contributed by atoms with Gasteiger partial charge < -0.3 is 15.7 Å². The SMILES string of the molecule is CC[C@@H](NC(=O)Nc1ccsc1)C(=O)O. The van der Waals surface area contributed by atoms with Gasteiger partial charge in [-0.15, -0.1) is 0 Å². The van der Waals surface area contributed by atoms with Crippen molar-refractivity contribution in [3.63, 3.8) is 0 Å². The van der Waals surface area contributed by atoms with Crippen molar-refractivity contribution in [2.24, 2.45) is 0 Å². The summed E-state index contributed by atoms with van der Waals surface area (Å²) in [6.45, 7) is 1.70. The number of thiophene rings is 1. The van der Waals surface area contributed by atoms with Crippen molar-refractivity contribution < 1.29 is 14.7 Å². The Hall–Kier alpha value is -1.56. The Morgan fingerprint density at radius 3 is 2.80 bits per heavy atom. The standard InChI is InChI=1S/C9H12N2O3S/c1-2-7(8(12)13)11-9(14)10-6-3-4-15-5-6/h3-5,7H,2H2,1H3,(H,12,13)(H2,10,11,14)/t7-/m1/s1. The van der Waals surface area contributed by atoms with Crippen LogP contribution in [0.2, 0.25) is 0 Å². The van der Waals surface area contributed by atoms with Gasteiger partial charge in [0.25, 0.3) is 0 Å². The number of carbonyl (C=O) groups is 2. The van der Waals surface area contributed by atoms with Gasteiger partial charge in [0.15, 0.2) is 0 Å². The molecule has 2 amide bonds. The number of hydrogen-bond acceptors (Lipinski definition) is 3. The van der Waals surface area contributed by atoms with E-state index < -0.39 is 18.0 Å². The predicted octanol–water partition coefficient (Wildman–Crippen LogP) is 1.73. The van der Waals surface area contributed by atoms with Gasteiger partial charge in [-0.05, 0) is 17.9 Å². The van der Waals surface area contributed by atoms with E-state index in [-0.39, 0.29) is 0 Å². The third-order valence-corrected chi connectivity index (χ3v) is 2.47. The number of carboxylic acids is 1. The van der Waals surface area contributed by atoms with Crippen molar-refractivity contribution in [2.45, 2.75) is 19.4 Å². The number of amides is 2. The number of carbonyl (C=O) groups excluding carboxylic acids is 1. The quantitative estimate of drug-likeness (QED) is 0.734. The van der Waals surface area contributed by atoms with Crippen LogP contribution < -0.4 is 10.6 Å². The molecule has 0 spiro atoms. The van der Waals surface area contributed by atoms with Gasteiger partial charge in [-0.2, -0.15) is 11.3 Å². The Morgan fingerprint density at radius 1 is 1.60 bits per heavy atom. The molecule has 3 N–H and O–H groups in total. The number of nitrogens with one attached hydrogen (secondary N) is 2. The van der Waals surface area contributed by atoms with Gasteiger partial charge in [-0.25, -0.2) is 9.59 Å². The second-order valence-electron chi connectivity index (χ2n) is 2.91. The van der Waals surface area contributed by atoms with Gasteiger partial charge in [0, 0.05) is 5.38 Å². The number of aliphatic carboxylic acids is 1. The maximum atomic E-state index is 11.3. The van der Waals surface area contributed by atoms with Crippen LogP contribution in [0.1, 0.15) is 13.3 Å². The number of anilines is 1. The molecule has 1 heterocycles. The van der Waals surface area contributed by atoms with Crippen molar-refractivity contribution >= 4 is 29.0 Å². The summed E-state index contributed by atoms with van der Waals surface area (Å²) < 4.78 is 0. The van der Waals surface area contributed by atoms with Crippen LogP contribution in [0.15, 0.2) is 16.8 Å². The van der Waals surface area contributed by atoms with Gasteiger partial charge >= 0.3 is 12.0 Å². The molecule has 0 aromatic carbocycles. The van der Waals surface area contributed by atoms with E-state index in [2.05, 4.69) is 10.6 Å². The molecule has 0 aliphatic rings. The lowest BCUT2D eigenvalue weighted by atomic mass is 10.2. The summed E-state index contributed by atoms with van der Waals surface area (Å²) in [4.78, 5) is 21.9. The highest BCUT2D eigenvalue weighted by molar-refractivity contribution is 7.08. The number of rotatable bonds is 4. The molecule has 6 heteroatoms. The Labute approximate surface area is 91.1 Å². The third kappa shape index (κ3) is 3.59. The van der Waals surface area contributed by atoms with E-state index in [0.29, 0.717) is 12.1 Å². The summed E-state index contributed by atoms with van der Waals surface area (Å²) in [5.74, 6) is -1.03. The van der Waals surface area contributed by atoms with Gasteiger partial charge in [0.1, 0.15) is 6.04 Å². The first kappa shape index (κ1) is 11.5. The molecule has 15 heavy (non-hydrogen) atoms. The molecule has 1 atom stereocenters. The van der Waals surface area contributed by atoms with Crippen molar-refractivity contribution in [3.8, 4) is 0 Å². The lowest BCUT2D eigenvalue weighted by molar-refractivity contribution is -0.139. The lowest BCUT2D eigenvalue weighted by Crippen LogP contribution is -2.42. The van der Waals surface area contributed by atoms with E-state index in [0.717, 1.165) is 0 Å². The second kappa shape index (κ2) is 5.35. The Morgan fingerprint density at radius 2 is 2.33 bits per heavy atom. The van der Waals surface area contributed by atoms with Crippen LogP contribution in [-0.4, -0.2) is 23.1 Å². The molecule has 82 valence electrons. The zero-order chi connectivity index (χ0) is 11.3. The van der Waals surface area contributed by atoms with E-state index in [1.165, 1.54) is 11.3 Å². The van der Waals surface area contributed by atoms with Crippen molar-refractivity contribution in [3.05, 3.63) is 16.8 Å². The van der Waals surface area contributed by atoms with Crippen LogP contribution in [0.3, 0.4) is 0 Å². The van der Waals surface area contributed by atoms with Gasteiger partial charge in [-0.1, -0.05) is 6.92 Å². The van der Waals surface area contributed by atoms with Gasteiger partial charge in [-0.3, -0.25) is 0 Å². The molecule has 0 aliphatic heterocycles. The third-order valence-electron chi connectivity index (χ3n) is 1.79. The number of hydrogen-bond donors (Lipinski definition) is 3. The summed E-state index contributed by atoms with van der Waals surface area (Å²) in [7, 11) is 0. The van der Waals surface area contributed by atoms with Crippen LogP contribution in [0.25, 0.3) is 0 Å². The first-order valence-corrected chi connectivity index (χ1v) is 5.40. The van der Waals surface area contributed by atoms with Crippen LogP contribution in [0, 0.1) is 0 Å². The smallest absolute Gasteiger partial charge is 0.326 e. The first-order chi connectivity index (χ1) is 7.13. The molecule has 1 aromatic rings. The highest BCUT2D eigenvalue weighted by atomic mass is 32.1. The normalized spacial score (nSPS) is 11.8. The molecule has 1 aromatic heterocycles. The average Bonchev–Trinajstić information content (AvgIpc) is 2.66. The second-order valence-corrected chi connectivity index (χ2v) is 3.69. The van der Waals surface area contributed by atoms with Crippen molar-refractivity contribution in [2.75, 3.05) is 5.32 Å². The minimum Gasteiger partial charge on any atom is -0.480 e. The highest BCUT2D eigenvalue weighted by Crippen LogP contribution is 2.11. The maximum absolute atomic E-state index is 11.3. The summed E-state index contributed by atoms with van der Waals surface area (Å²) in [6.07, 6.45) is 0.354. The molecule has 5 nitrogen and oxygen atoms in total. The van der Waals surface area contributed by atoms with E-state index in [1.54, 1.807) is 18.4 Å². The van der Waals surface area contributed by atoms with Crippen molar-refractivity contribution in [1.82, 2.24) is 5.32 Å². The molecule has 0 fully saturated rings. The fraction of sp³-hybridized carbons (Fsp3) is 0.333. The number of carboxylic acid groups (broad SMARTS) is 1. The minimum absolute atomic E-state index is 0.354. The first-order valence-electron chi connectivity index (χ1n) is 4.46. The fourth-order valence-electron chi connectivity index (χ4n) is 0.999. The molecule has 0 aliphatic carbocycles. The Balaban J connectivity index is 2.45. The zero-order valence-electron chi connectivity index (χ0n) is 8.19. The van der Waals surface area contributed by atoms with Gasteiger partial charge in [0.2, 0.25) is 0 Å². The molecule has 0 saturated carbocycles. The highest BCUT2D eigenvalue weighted by Gasteiger charge is 2.17. The topological polar surface area (TPSA) is 78.4 Å². The fourth-order valence-corrected chi connectivity index (χ4v) is 1.59. The molecule has 0 saturated heterocycles. The Bertz CT molecular complexity index is 337. The molecular formula is C9H12N2O3S. The van der Waals surface area contributed by atoms with Crippen molar-refractivity contribution in [1.29, 1.82) is 0 Å². The minimum atomic E-state index is -1.03. The van der Waals surface area contributed by atoms with Crippen LogP contribution in [0.5, 0.6) is 0 Å². The largest absolute Gasteiger partial charge is 0.480 e. The summed E-state index contributed by atoms with van der Waals surface area (Å²) >= 11 is 1.45. The molecular weight excluding hydrogens is 216 g/mol. The Kier molecular flexibility index (Phi) is 4.11. The van der Waals surface area contributed by atoms with E-state index >= 15 is 0 Å². The van der Waals surface area contributed by atoms with Gasteiger partial charge in [0.05, 0.1) is 5.69 Å². The average molecular weight is 228 g/mol. The van der Waals surface area contributed by atoms with Crippen LogP contribution in [0.4, 0.5) is 10.5 Å². The van der Waals surface area contributed by atoms with E-state index in [4.69, 9.17) is 5.11 Å². The molecule has 0 bridgehead atoms. The predicted molar refractivity (Wildman–Crippen MR) is 58.2 cm³/mol. The molecule has 0 unspecified atom stereocenters.